The van der Waals surface area contributed by atoms with Crippen LogP contribution in [0.3, 0.4) is 0 Å². The molecule has 0 fully saturated rings. The molecule has 2 rings (SSSR count). The molecule has 0 bridgehead atoms. The van der Waals surface area contributed by atoms with E-state index in [-0.39, 0.29) is 21.3 Å². The van der Waals surface area contributed by atoms with Crippen LogP contribution in [0, 0.1) is 27.7 Å². The molecule has 0 amide bonds. The van der Waals surface area contributed by atoms with E-state index in [0.29, 0.717) is 0 Å². The summed E-state index contributed by atoms with van der Waals surface area (Å²) in [4.78, 5) is -0.381. The van der Waals surface area contributed by atoms with Gasteiger partial charge in [-0.1, -0.05) is 0 Å². The average Bonchev–Trinajstić information content (AvgIpc) is 2.37. The molecule has 4 nitrogen and oxygen atoms in total. The van der Waals surface area contributed by atoms with Crippen molar-refractivity contribution >= 4 is 9.84 Å². The average molecular weight is 306 g/mol. The van der Waals surface area contributed by atoms with Crippen molar-refractivity contribution in [3.63, 3.8) is 0 Å². The van der Waals surface area contributed by atoms with Gasteiger partial charge in [-0.25, -0.2) is 8.42 Å². The second-order valence-corrected chi connectivity index (χ2v) is 7.20. The Labute approximate surface area is 124 Å². The maximum atomic E-state index is 12.7. The Kier molecular flexibility index (Phi) is 3.72. The molecule has 0 saturated carbocycles. The Morgan fingerprint density at radius 3 is 1.29 bits per heavy atom. The first-order valence-electron chi connectivity index (χ1n) is 6.50. The third-order valence-corrected chi connectivity index (χ3v) is 5.54. The van der Waals surface area contributed by atoms with Crippen molar-refractivity contribution in [2.45, 2.75) is 37.5 Å². The van der Waals surface area contributed by atoms with Gasteiger partial charge in [0, 0.05) is 0 Å². The van der Waals surface area contributed by atoms with Crippen molar-refractivity contribution in [3.8, 4) is 11.5 Å². The van der Waals surface area contributed by atoms with Gasteiger partial charge in [0.15, 0.2) is 0 Å². The standard InChI is InChI=1S/C16H18O4S/c1-9-5-13(17)15(7-11(9)3)21(19,20)16-8-12(4)10(2)6-14(16)18/h5-8,17-18H,1-4H3. The number of hydrogen-bond donors (Lipinski definition) is 2. The van der Waals surface area contributed by atoms with Crippen LogP contribution in [0.1, 0.15) is 22.3 Å². The van der Waals surface area contributed by atoms with E-state index in [1.54, 1.807) is 27.7 Å². The molecule has 0 aromatic heterocycles. The zero-order valence-corrected chi connectivity index (χ0v) is 13.2. The van der Waals surface area contributed by atoms with E-state index in [2.05, 4.69) is 0 Å². The lowest BCUT2D eigenvalue weighted by Gasteiger charge is -2.12. The van der Waals surface area contributed by atoms with E-state index in [1.807, 2.05) is 0 Å². The van der Waals surface area contributed by atoms with Crippen molar-refractivity contribution in [1.82, 2.24) is 0 Å². The Morgan fingerprint density at radius 2 is 0.952 bits per heavy atom. The van der Waals surface area contributed by atoms with E-state index in [4.69, 9.17) is 0 Å². The molecule has 112 valence electrons. The second kappa shape index (κ2) is 5.07. The van der Waals surface area contributed by atoms with E-state index in [0.717, 1.165) is 22.3 Å². The number of hydrogen-bond acceptors (Lipinski definition) is 4. The van der Waals surface area contributed by atoms with Crippen LogP contribution in [-0.4, -0.2) is 18.6 Å². The summed E-state index contributed by atoms with van der Waals surface area (Å²) in [6, 6.07) is 5.68. The number of phenolic OH excluding ortho intramolecular Hbond substituents is 2. The minimum Gasteiger partial charge on any atom is -0.507 e. The minimum atomic E-state index is -3.98. The Balaban J connectivity index is 2.74. The molecule has 0 unspecified atom stereocenters. The summed E-state index contributed by atoms with van der Waals surface area (Å²) in [5.74, 6) is -0.619. The van der Waals surface area contributed by atoms with E-state index in [1.165, 1.54) is 24.3 Å². The van der Waals surface area contributed by atoms with Gasteiger partial charge in [0.2, 0.25) is 9.84 Å². The smallest absolute Gasteiger partial charge is 0.213 e. The first-order chi connectivity index (χ1) is 9.64. The van der Waals surface area contributed by atoms with Gasteiger partial charge in [-0.05, 0) is 74.2 Å². The maximum absolute atomic E-state index is 12.7. The summed E-state index contributed by atoms with van der Waals surface area (Å²) < 4.78 is 25.4. The fourth-order valence-electron chi connectivity index (χ4n) is 2.10. The van der Waals surface area contributed by atoms with Gasteiger partial charge in [-0.15, -0.1) is 0 Å². The quantitative estimate of drug-likeness (QED) is 0.893. The summed E-state index contributed by atoms with van der Waals surface area (Å²) in [6.07, 6.45) is 0. The molecular weight excluding hydrogens is 288 g/mol. The molecule has 0 aliphatic heterocycles. The Hall–Kier alpha value is -2.01. The number of benzene rings is 2. The molecule has 0 saturated heterocycles. The van der Waals surface area contributed by atoms with Crippen molar-refractivity contribution in [3.05, 3.63) is 46.5 Å². The highest BCUT2D eigenvalue weighted by Crippen LogP contribution is 2.35. The van der Waals surface area contributed by atoms with E-state index in [9.17, 15) is 18.6 Å². The van der Waals surface area contributed by atoms with Crippen LogP contribution in [-0.2, 0) is 9.84 Å². The van der Waals surface area contributed by atoms with Crippen LogP contribution < -0.4 is 0 Å². The Morgan fingerprint density at radius 1 is 0.667 bits per heavy atom. The highest BCUT2D eigenvalue weighted by atomic mass is 32.2. The Bertz CT molecular complexity index is 757. The van der Waals surface area contributed by atoms with Gasteiger partial charge in [0.25, 0.3) is 0 Å². The lowest BCUT2D eigenvalue weighted by Crippen LogP contribution is -2.05. The van der Waals surface area contributed by atoms with Gasteiger partial charge in [-0.3, -0.25) is 0 Å². The van der Waals surface area contributed by atoms with Crippen molar-refractivity contribution in [1.29, 1.82) is 0 Å². The third kappa shape index (κ3) is 2.61. The van der Waals surface area contributed by atoms with Crippen LogP contribution in [0.25, 0.3) is 0 Å². The monoisotopic (exact) mass is 306 g/mol. The van der Waals surface area contributed by atoms with Crippen molar-refractivity contribution < 1.29 is 18.6 Å². The first-order valence-corrected chi connectivity index (χ1v) is 7.98. The number of sulfone groups is 1. The molecule has 0 spiro atoms. The van der Waals surface area contributed by atoms with Gasteiger partial charge in [0.1, 0.15) is 21.3 Å². The fourth-order valence-corrected chi connectivity index (χ4v) is 3.67. The lowest BCUT2D eigenvalue weighted by molar-refractivity contribution is 0.452. The first kappa shape index (κ1) is 15.4. The topological polar surface area (TPSA) is 74.6 Å². The zero-order chi connectivity index (χ0) is 15.9. The molecular formula is C16H18O4S. The highest BCUT2D eigenvalue weighted by Gasteiger charge is 2.26. The summed E-state index contributed by atoms with van der Waals surface area (Å²) in [5.41, 5.74) is 3.12. The molecule has 0 atom stereocenters. The second-order valence-electron chi connectivity index (χ2n) is 5.31. The van der Waals surface area contributed by atoms with Crippen LogP contribution in [0.5, 0.6) is 11.5 Å². The molecule has 0 aliphatic rings. The predicted octanol–water partition coefficient (Wildman–Crippen LogP) is 3.16. The summed E-state index contributed by atoms with van der Waals surface area (Å²) in [7, 11) is -3.98. The number of phenols is 2. The molecule has 2 aromatic carbocycles. The normalized spacial score (nSPS) is 11.6. The largest absolute Gasteiger partial charge is 0.507 e. The molecule has 5 heteroatoms. The van der Waals surface area contributed by atoms with Gasteiger partial charge >= 0.3 is 0 Å². The number of aromatic hydroxyl groups is 2. The highest BCUT2D eigenvalue weighted by molar-refractivity contribution is 7.91. The molecule has 0 heterocycles. The van der Waals surface area contributed by atoms with Gasteiger partial charge < -0.3 is 10.2 Å². The van der Waals surface area contributed by atoms with Crippen LogP contribution >= 0.6 is 0 Å². The lowest BCUT2D eigenvalue weighted by atomic mass is 10.1. The maximum Gasteiger partial charge on any atom is 0.213 e. The zero-order valence-electron chi connectivity index (χ0n) is 12.4. The summed E-state index contributed by atoms with van der Waals surface area (Å²) in [6.45, 7) is 7.12. The molecule has 21 heavy (non-hydrogen) atoms. The fraction of sp³-hybridized carbons (Fsp3) is 0.250. The minimum absolute atomic E-state index is 0.191. The van der Waals surface area contributed by atoms with E-state index >= 15 is 0 Å². The number of aryl methyl sites for hydroxylation is 4. The van der Waals surface area contributed by atoms with Gasteiger partial charge in [-0.2, -0.15) is 0 Å². The number of rotatable bonds is 2. The van der Waals surface area contributed by atoms with Crippen LogP contribution in [0.2, 0.25) is 0 Å². The van der Waals surface area contributed by atoms with Crippen LogP contribution in [0.4, 0.5) is 0 Å². The van der Waals surface area contributed by atoms with E-state index < -0.39 is 9.84 Å². The van der Waals surface area contributed by atoms with Crippen LogP contribution in [0.15, 0.2) is 34.1 Å². The molecule has 0 radical (unpaired) electrons. The molecule has 2 aromatic rings. The summed E-state index contributed by atoms with van der Waals surface area (Å²) in [5, 5.41) is 19.9. The summed E-state index contributed by atoms with van der Waals surface area (Å²) >= 11 is 0. The van der Waals surface area contributed by atoms with Crippen molar-refractivity contribution in [2.24, 2.45) is 0 Å². The molecule has 0 aliphatic carbocycles. The van der Waals surface area contributed by atoms with Gasteiger partial charge in [0.05, 0.1) is 0 Å². The third-order valence-electron chi connectivity index (χ3n) is 3.73. The molecule has 2 N–H and O–H groups in total. The predicted molar refractivity (Wildman–Crippen MR) is 80.6 cm³/mol. The van der Waals surface area contributed by atoms with Crippen molar-refractivity contribution in [2.75, 3.05) is 0 Å². The SMILES string of the molecule is Cc1cc(O)c(S(=O)(=O)c2cc(C)c(C)cc2O)cc1C.